The number of hydrogen-bond donors (Lipinski definition) is 0. The lowest BCUT2D eigenvalue weighted by atomic mass is 10.1. The number of piperazine rings is 1. The second kappa shape index (κ2) is 9.00. The number of aryl methyl sites for hydroxylation is 1. The standard InChI is InChI=1S/C23H25N5O2/c1-18-4-6-19(7-5-18)17-28-22(29)9-8-21(25-28)23(30)27-13-11-26(12-14-27)16-20-3-2-10-24-15-20/h2-10,15H,11-14,16-17H2,1H3. The van der Waals surface area contributed by atoms with E-state index in [-0.39, 0.29) is 11.5 Å². The summed E-state index contributed by atoms with van der Waals surface area (Å²) in [6.07, 6.45) is 3.64. The number of carbonyl (C=O) groups is 1. The molecule has 0 N–H and O–H groups in total. The third kappa shape index (κ3) is 4.80. The van der Waals surface area contributed by atoms with Gasteiger partial charge in [0, 0.05) is 51.2 Å². The van der Waals surface area contributed by atoms with E-state index in [0.29, 0.717) is 25.3 Å². The minimum Gasteiger partial charge on any atom is -0.335 e. The molecule has 0 unspecified atom stereocenters. The molecule has 1 amide bonds. The van der Waals surface area contributed by atoms with Gasteiger partial charge in [-0.05, 0) is 30.2 Å². The maximum Gasteiger partial charge on any atom is 0.274 e. The largest absolute Gasteiger partial charge is 0.335 e. The van der Waals surface area contributed by atoms with E-state index in [1.165, 1.54) is 22.4 Å². The molecule has 30 heavy (non-hydrogen) atoms. The third-order valence-electron chi connectivity index (χ3n) is 5.33. The van der Waals surface area contributed by atoms with Crippen LogP contribution in [0.2, 0.25) is 0 Å². The van der Waals surface area contributed by atoms with Crippen LogP contribution in [-0.2, 0) is 13.1 Å². The van der Waals surface area contributed by atoms with E-state index in [1.807, 2.05) is 48.4 Å². The molecule has 0 aliphatic carbocycles. The van der Waals surface area contributed by atoms with Gasteiger partial charge in [0.25, 0.3) is 11.5 Å². The highest BCUT2D eigenvalue weighted by molar-refractivity contribution is 5.92. The van der Waals surface area contributed by atoms with Crippen molar-refractivity contribution < 1.29 is 4.79 Å². The van der Waals surface area contributed by atoms with Crippen LogP contribution >= 0.6 is 0 Å². The van der Waals surface area contributed by atoms with Crippen LogP contribution in [-0.4, -0.2) is 56.7 Å². The van der Waals surface area contributed by atoms with E-state index < -0.39 is 0 Å². The number of hydrogen-bond acceptors (Lipinski definition) is 5. The summed E-state index contributed by atoms with van der Waals surface area (Å²) in [5, 5.41) is 4.34. The van der Waals surface area contributed by atoms with Crippen LogP contribution in [0.5, 0.6) is 0 Å². The fourth-order valence-electron chi connectivity index (χ4n) is 3.56. The molecule has 0 radical (unpaired) electrons. The first-order chi connectivity index (χ1) is 14.6. The summed E-state index contributed by atoms with van der Waals surface area (Å²) < 4.78 is 1.36. The van der Waals surface area contributed by atoms with Crippen LogP contribution in [0.3, 0.4) is 0 Å². The van der Waals surface area contributed by atoms with E-state index in [0.717, 1.165) is 30.8 Å². The average Bonchev–Trinajstić information content (AvgIpc) is 2.77. The second-order valence-electron chi connectivity index (χ2n) is 7.63. The molecule has 4 rings (SSSR count). The van der Waals surface area contributed by atoms with Crippen molar-refractivity contribution in [1.29, 1.82) is 0 Å². The Kier molecular flexibility index (Phi) is 5.99. The molecule has 1 aliphatic heterocycles. The minimum absolute atomic E-state index is 0.131. The fourth-order valence-corrected chi connectivity index (χ4v) is 3.56. The van der Waals surface area contributed by atoms with Crippen molar-refractivity contribution >= 4 is 5.91 Å². The predicted molar refractivity (Wildman–Crippen MR) is 114 cm³/mol. The zero-order valence-corrected chi connectivity index (χ0v) is 17.1. The molecular weight excluding hydrogens is 378 g/mol. The summed E-state index contributed by atoms with van der Waals surface area (Å²) in [4.78, 5) is 33.4. The van der Waals surface area contributed by atoms with E-state index in [9.17, 15) is 9.59 Å². The number of aromatic nitrogens is 3. The Morgan fingerprint density at radius 2 is 1.70 bits per heavy atom. The molecule has 7 nitrogen and oxygen atoms in total. The Bertz CT molecular complexity index is 1050. The van der Waals surface area contributed by atoms with Crippen LogP contribution in [0.1, 0.15) is 27.2 Å². The van der Waals surface area contributed by atoms with Gasteiger partial charge in [-0.25, -0.2) is 4.68 Å². The zero-order valence-electron chi connectivity index (χ0n) is 17.1. The Balaban J connectivity index is 1.40. The minimum atomic E-state index is -0.214. The molecule has 7 heteroatoms. The van der Waals surface area contributed by atoms with Gasteiger partial charge in [0.05, 0.1) is 6.54 Å². The SMILES string of the molecule is Cc1ccc(Cn2nc(C(=O)N3CCN(Cc4cccnc4)CC3)ccc2=O)cc1. The maximum atomic E-state index is 12.9. The molecule has 2 aromatic heterocycles. The van der Waals surface area contributed by atoms with Gasteiger partial charge >= 0.3 is 0 Å². The number of carbonyl (C=O) groups excluding carboxylic acids is 1. The Hall–Kier alpha value is -3.32. The molecule has 0 bridgehead atoms. The molecule has 0 saturated carbocycles. The van der Waals surface area contributed by atoms with Crippen molar-refractivity contribution in [1.82, 2.24) is 24.6 Å². The summed E-state index contributed by atoms with van der Waals surface area (Å²) in [7, 11) is 0. The number of amides is 1. The number of rotatable bonds is 5. The highest BCUT2D eigenvalue weighted by Gasteiger charge is 2.23. The topological polar surface area (TPSA) is 71.3 Å². The molecule has 0 spiro atoms. The Labute approximate surface area is 175 Å². The number of nitrogens with zero attached hydrogens (tertiary/aromatic N) is 5. The van der Waals surface area contributed by atoms with Crippen molar-refractivity contribution in [3.8, 4) is 0 Å². The maximum absolute atomic E-state index is 12.9. The van der Waals surface area contributed by atoms with E-state index >= 15 is 0 Å². The molecule has 1 saturated heterocycles. The third-order valence-corrected chi connectivity index (χ3v) is 5.33. The van der Waals surface area contributed by atoms with Crippen LogP contribution < -0.4 is 5.56 Å². The molecule has 154 valence electrons. The van der Waals surface area contributed by atoms with Crippen molar-refractivity contribution in [2.24, 2.45) is 0 Å². The highest BCUT2D eigenvalue weighted by Crippen LogP contribution is 2.10. The lowest BCUT2D eigenvalue weighted by molar-refractivity contribution is 0.0620. The van der Waals surface area contributed by atoms with Gasteiger partial charge in [-0.1, -0.05) is 35.9 Å². The second-order valence-corrected chi connectivity index (χ2v) is 7.63. The normalized spacial score (nSPS) is 14.6. The van der Waals surface area contributed by atoms with Crippen LogP contribution in [0.25, 0.3) is 0 Å². The quantitative estimate of drug-likeness (QED) is 0.651. The first-order valence-corrected chi connectivity index (χ1v) is 10.1. The van der Waals surface area contributed by atoms with Crippen molar-refractivity contribution in [2.75, 3.05) is 26.2 Å². The smallest absolute Gasteiger partial charge is 0.274 e. The van der Waals surface area contributed by atoms with E-state index in [2.05, 4.69) is 21.0 Å². The van der Waals surface area contributed by atoms with Crippen molar-refractivity contribution in [3.63, 3.8) is 0 Å². The van der Waals surface area contributed by atoms with Gasteiger partial charge < -0.3 is 4.90 Å². The summed E-state index contributed by atoms with van der Waals surface area (Å²) in [5.74, 6) is -0.131. The molecule has 0 atom stereocenters. The Morgan fingerprint density at radius 3 is 2.40 bits per heavy atom. The molecule has 3 aromatic rings. The molecule has 1 aliphatic rings. The average molecular weight is 403 g/mol. The van der Waals surface area contributed by atoms with Crippen molar-refractivity contribution in [2.45, 2.75) is 20.0 Å². The summed E-state index contributed by atoms with van der Waals surface area (Å²) in [6, 6.07) is 14.9. The van der Waals surface area contributed by atoms with Gasteiger partial charge in [-0.2, -0.15) is 5.10 Å². The number of pyridine rings is 1. The molecule has 1 aromatic carbocycles. The van der Waals surface area contributed by atoms with Gasteiger partial charge in [0.15, 0.2) is 0 Å². The lowest BCUT2D eigenvalue weighted by Crippen LogP contribution is -2.48. The van der Waals surface area contributed by atoms with Gasteiger partial charge in [0.2, 0.25) is 0 Å². The monoisotopic (exact) mass is 403 g/mol. The first-order valence-electron chi connectivity index (χ1n) is 10.1. The zero-order chi connectivity index (χ0) is 20.9. The van der Waals surface area contributed by atoms with E-state index in [1.54, 1.807) is 6.20 Å². The predicted octanol–water partition coefficient (Wildman–Crippen LogP) is 1.95. The van der Waals surface area contributed by atoms with Gasteiger partial charge in [-0.3, -0.25) is 19.5 Å². The summed E-state index contributed by atoms with van der Waals surface area (Å²) in [6.45, 7) is 6.06. The fraction of sp³-hybridized carbons (Fsp3) is 0.304. The summed E-state index contributed by atoms with van der Waals surface area (Å²) in [5.41, 5.74) is 3.40. The van der Waals surface area contributed by atoms with Crippen LogP contribution in [0.4, 0.5) is 0 Å². The molecule has 3 heterocycles. The first kappa shape index (κ1) is 20.0. The van der Waals surface area contributed by atoms with Crippen LogP contribution in [0, 0.1) is 6.92 Å². The highest BCUT2D eigenvalue weighted by atomic mass is 16.2. The van der Waals surface area contributed by atoms with Crippen molar-refractivity contribution in [3.05, 3.63) is 93.7 Å². The molecular formula is C23H25N5O2. The van der Waals surface area contributed by atoms with Crippen LogP contribution in [0.15, 0.2) is 65.7 Å². The van der Waals surface area contributed by atoms with E-state index in [4.69, 9.17) is 0 Å². The van der Waals surface area contributed by atoms with Gasteiger partial charge in [0.1, 0.15) is 5.69 Å². The lowest BCUT2D eigenvalue weighted by Gasteiger charge is -2.34. The Morgan fingerprint density at radius 1 is 0.933 bits per heavy atom. The molecule has 1 fully saturated rings. The number of benzene rings is 1. The summed E-state index contributed by atoms with van der Waals surface area (Å²) >= 11 is 0. The van der Waals surface area contributed by atoms with Gasteiger partial charge in [-0.15, -0.1) is 0 Å².